The fraction of sp³-hybridized carbons (Fsp3) is 0.500. The highest BCUT2D eigenvalue weighted by molar-refractivity contribution is 7.89. The van der Waals surface area contributed by atoms with Gasteiger partial charge in [0.2, 0.25) is 16.0 Å². The summed E-state index contributed by atoms with van der Waals surface area (Å²) in [4.78, 5) is 4.62. The minimum Gasteiger partial charge on any atom is -0.368 e. The molecule has 3 rings (SSSR count). The summed E-state index contributed by atoms with van der Waals surface area (Å²) in [5, 5.41) is 4.31. The molecule has 1 saturated heterocycles. The van der Waals surface area contributed by atoms with Gasteiger partial charge in [0.1, 0.15) is 0 Å². The molecule has 2 aromatic rings. The van der Waals surface area contributed by atoms with E-state index in [2.05, 4.69) is 10.1 Å². The number of hydrogen-bond donors (Lipinski definition) is 1. The second-order valence-electron chi connectivity index (χ2n) is 6.13. The number of piperidine rings is 1. The number of hydrogen-bond acceptors (Lipinski definition) is 5. The van der Waals surface area contributed by atoms with E-state index < -0.39 is 10.0 Å². The molecule has 0 saturated carbocycles. The van der Waals surface area contributed by atoms with Gasteiger partial charge in [-0.2, -0.15) is 14.4 Å². The first kappa shape index (κ1) is 16.9. The molecule has 8 heteroatoms. The third kappa shape index (κ3) is 3.16. The van der Waals surface area contributed by atoms with Crippen molar-refractivity contribution in [2.45, 2.75) is 37.0 Å². The van der Waals surface area contributed by atoms with E-state index in [0.717, 1.165) is 12.0 Å². The van der Waals surface area contributed by atoms with Crippen LogP contribution in [0.1, 0.15) is 37.1 Å². The highest BCUT2D eigenvalue weighted by atomic mass is 32.2. The average Bonchev–Trinajstić information content (AvgIpc) is 2.94. The molecule has 1 aliphatic heterocycles. The van der Waals surface area contributed by atoms with Crippen molar-refractivity contribution in [1.82, 2.24) is 19.1 Å². The Balaban J connectivity index is 1.70. The zero-order chi connectivity index (χ0) is 17.3. The van der Waals surface area contributed by atoms with E-state index >= 15 is 0 Å². The quantitative estimate of drug-likeness (QED) is 0.903. The molecule has 0 atom stereocenters. The molecule has 0 aliphatic carbocycles. The third-order valence-electron chi connectivity index (χ3n) is 4.60. The highest BCUT2D eigenvalue weighted by Gasteiger charge is 2.31. The lowest BCUT2D eigenvalue weighted by Crippen LogP contribution is -2.38. The van der Waals surface area contributed by atoms with Crippen LogP contribution in [0.25, 0.3) is 0 Å². The van der Waals surface area contributed by atoms with Gasteiger partial charge in [0.05, 0.1) is 4.90 Å². The lowest BCUT2D eigenvalue weighted by atomic mass is 9.98. The van der Waals surface area contributed by atoms with Gasteiger partial charge >= 0.3 is 0 Å². The Kier molecular flexibility index (Phi) is 4.60. The first-order chi connectivity index (χ1) is 11.4. The van der Waals surface area contributed by atoms with Crippen LogP contribution in [0.4, 0.5) is 5.95 Å². The van der Waals surface area contributed by atoms with Crippen LogP contribution in [-0.2, 0) is 23.5 Å². The number of rotatable bonds is 4. The van der Waals surface area contributed by atoms with Crippen molar-refractivity contribution in [3.05, 3.63) is 35.7 Å². The van der Waals surface area contributed by atoms with Crippen molar-refractivity contribution in [2.24, 2.45) is 7.05 Å². The van der Waals surface area contributed by atoms with Gasteiger partial charge in [-0.1, -0.05) is 19.1 Å². The fourth-order valence-corrected chi connectivity index (χ4v) is 4.46. The second kappa shape index (κ2) is 6.52. The maximum atomic E-state index is 12.8. The van der Waals surface area contributed by atoms with E-state index in [1.54, 1.807) is 28.2 Å². The Morgan fingerprint density at radius 1 is 1.21 bits per heavy atom. The molecule has 0 unspecified atom stereocenters. The molecule has 2 N–H and O–H groups in total. The molecule has 24 heavy (non-hydrogen) atoms. The number of nitrogen functional groups attached to an aromatic ring is 1. The van der Waals surface area contributed by atoms with Crippen LogP contribution >= 0.6 is 0 Å². The van der Waals surface area contributed by atoms with Crippen LogP contribution < -0.4 is 5.73 Å². The molecule has 130 valence electrons. The molecule has 7 nitrogen and oxygen atoms in total. The first-order valence-corrected chi connectivity index (χ1v) is 9.61. The van der Waals surface area contributed by atoms with Crippen LogP contribution in [-0.4, -0.2) is 40.6 Å². The van der Waals surface area contributed by atoms with Crippen molar-refractivity contribution < 1.29 is 8.42 Å². The van der Waals surface area contributed by atoms with Crippen LogP contribution in [0.2, 0.25) is 0 Å². The summed E-state index contributed by atoms with van der Waals surface area (Å²) in [5.41, 5.74) is 6.86. The molecule has 1 fully saturated rings. The molecule has 0 amide bonds. The SMILES string of the molecule is CCc1ccc(S(=O)(=O)N2CCC(c3nc(N)n(C)n3)CC2)cc1. The predicted octanol–water partition coefficient (Wildman–Crippen LogP) is 1.53. The first-order valence-electron chi connectivity index (χ1n) is 8.17. The summed E-state index contributed by atoms with van der Waals surface area (Å²) in [6, 6.07) is 7.14. The number of anilines is 1. The lowest BCUT2D eigenvalue weighted by molar-refractivity contribution is 0.313. The number of aryl methyl sites for hydroxylation is 2. The smallest absolute Gasteiger partial charge is 0.243 e. The van der Waals surface area contributed by atoms with E-state index in [9.17, 15) is 8.42 Å². The van der Waals surface area contributed by atoms with Crippen molar-refractivity contribution in [3.8, 4) is 0 Å². The Bertz CT molecular complexity index is 786. The Morgan fingerprint density at radius 2 is 1.83 bits per heavy atom. The molecule has 0 radical (unpaired) electrons. The molecular formula is C16H23N5O2S. The van der Waals surface area contributed by atoms with Crippen molar-refractivity contribution >= 4 is 16.0 Å². The summed E-state index contributed by atoms with van der Waals surface area (Å²) in [6.07, 6.45) is 2.30. The van der Waals surface area contributed by atoms with Gasteiger partial charge in [0.15, 0.2) is 5.82 Å². The molecular weight excluding hydrogens is 326 g/mol. The molecule has 0 bridgehead atoms. The number of sulfonamides is 1. The molecule has 0 spiro atoms. The topological polar surface area (TPSA) is 94.1 Å². The van der Waals surface area contributed by atoms with E-state index in [1.807, 2.05) is 19.1 Å². The van der Waals surface area contributed by atoms with Gasteiger partial charge in [-0.15, -0.1) is 0 Å². The van der Waals surface area contributed by atoms with Gasteiger partial charge in [0, 0.05) is 26.1 Å². The fourth-order valence-electron chi connectivity index (χ4n) is 2.99. The number of aromatic nitrogens is 3. The zero-order valence-electron chi connectivity index (χ0n) is 14.0. The van der Waals surface area contributed by atoms with E-state index in [1.165, 1.54) is 0 Å². The van der Waals surface area contributed by atoms with Gasteiger partial charge in [0.25, 0.3) is 0 Å². The maximum absolute atomic E-state index is 12.8. The summed E-state index contributed by atoms with van der Waals surface area (Å²) in [6.45, 7) is 2.99. The van der Waals surface area contributed by atoms with Crippen molar-refractivity contribution in [3.63, 3.8) is 0 Å². The number of benzene rings is 1. The Morgan fingerprint density at radius 3 is 2.33 bits per heavy atom. The highest BCUT2D eigenvalue weighted by Crippen LogP contribution is 2.29. The van der Waals surface area contributed by atoms with Gasteiger partial charge in [-0.3, -0.25) is 0 Å². The van der Waals surface area contributed by atoms with Gasteiger partial charge in [-0.25, -0.2) is 13.1 Å². The standard InChI is InChI=1S/C16H23N5O2S/c1-3-12-4-6-14(7-5-12)24(22,23)21-10-8-13(9-11-21)15-18-16(17)20(2)19-15/h4-7,13H,3,8-11H2,1-2H3,(H2,17,18,19). The lowest BCUT2D eigenvalue weighted by Gasteiger charge is -2.30. The van der Waals surface area contributed by atoms with Gasteiger partial charge in [-0.05, 0) is 37.0 Å². The number of nitrogens with zero attached hydrogens (tertiary/aromatic N) is 4. The van der Waals surface area contributed by atoms with Crippen molar-refractivity contribution in [1.29, 1.82) is 0 Å². The summed E-state index contributed by atoms with van der Waals surface area (Å²) < 4.78 is 28.6. The third-order valence-corrected chi connectivity index (χ3v) is 6.51. The largest absolute Gasteiger partial charge is 0.368 e. The monoisotopic (exact) mass is 349 g/mol. The van der Waals surface area contributed by atoms with Crippen LogP contribution in [0.3, 0.4) is 0 Å². The van der Waals surface area contributed by atoms with Crippen LogP contribution in [0, 0.1) is 0 Å². The van der Waals surface area contributed by atoms with Crippen LogP contribution in [0.5, 0.6) is 0 Å². The maximum Gasteiger partial charge on any atom is 0.243 e. The zero-order valence-corrected chi connectivity index (χ0v) is 14.8. The van der Waals surface area contributed by atoms with Gasteiger partial charge < -0.3 is 5.73 Å². The normalized spacial score (nSPS) is 17.2. The predicted molar refractivity (Wildman–Crippen MR) is 92.0 cm³/mol. The Hall–Kier alpha value is -1.93. The summed E-state index contributed by atoms with van der Waals surface area (Å²) in [5.74, 6) is 1.25. The molecule has 1 aliphatic rings. The van der Waals surface area contributed by atoms with E-state index in [0.29, 0.717) is 42.6 Å². The Labute approximate surface area is 142 Å². The minimum absolute atomic E-state index is 0.155. The molecule has 1 aromatic carbocycles. The number of nitrogens with two attached hydrogens (primary N) is 1. The summed E-state index contributed by atoms with van der Waals surface area (Å²) >= 11 is 0. The average molecular weight is 349 g/mol. The molecule has 2 heterocycles. The van der Waals surface area contributed by atoms with Crippen LogP contribution in [0.15, 0.2) is 29.2 Å². The van der Waals surface area contributed by atoms with E-state index in [-0.39, 0.29) is 5.92 Å². The second-order valence-corrected chi connectivity index (χ2v) is 8.07. The van der Waals surface area contributed by atoms with Crippen molar-refractivity contribution in [2.75, 3.05) is 18.8 Å². The van der Waals surface area contributed by atoms with E-state index in [4.69, 9.17) is 5.73 Å². The molecule has 1 aromatic heterocycles. The minimum atomic E-state index is -3.43. The summed E-state index contributed by atoms with van der Waals surface area (Å²) in [7, 11) is -1.68.